The lowest BCUT2D eigenvalue weighted by Gasteiger charge is -2.11. The first-order chi connectivity index (χ1) is 12.2. The molecule has 130 valence electrons. The molecule has 0 saturated heterocycles. The largest absolute Gasteiger partial charge is 0.481 e. The Morgan fingerprint density at radius 1 is 1.24 bits per heavy atom. The van der Waals surface area contributed by atoms with Crippen LogP contribution in [-0.2, 0) is 6.54 Å². The van der Waals surface area contributed by atoms with Gasteiger partial charge in [0.1, 0.15) is 5.69 Å². The summed E-state index contributed by atoms with van der Waals surface area (Å²) >= 11 is 1.87. The van der Waals surface area contributed by atoms with Crippen molar-refractivity contribution in [3.8, 4) is 5.88 Å². The van der Waals surface area contributed by atoms with Crippen LogP contribution in [0, 0.1) is 0 Å². The molecule has 1 heterocycles. The number of carbonyl (C=O) groups excluding carboxylic acids is 1. The summed E-state index contributed by atoms with van der Waals surface area (Å²) in [5, 5.41) is 0.716. The molecule has 4 rings (SSSR count). The van der Waals surface area contributed by atoms with Gasteiger partial charge in [-0.1, -0.05) is 6.07 Å². The molecule has 2 saturated carbocycles. The number of hydrogen-bond acceptors (Lipinski definition) is 5. The number of carbonyl (C=O) groups is 1. The zero-order valence-corrected chi connectivity index (χ0v) is 15.1. The van der Waals surface area contributed by atoms with Crippen LogP contribution in [0.1, 0.15) is 58.8 Å². The van der Waals surface area contributed by atoms with Gasteiger partial charge in [-0.25, -0.2) is 4.98 Å². The predicted molar refractivity (Wildman–Crippen MR) is 99.4 cm³/mol. The molecule has 0 aliphatic heterocycles. The molecule has 0 bridgehead atoms. The van der Waals surface area contributed by atoms with E-state index in [1.807, 2.05) is 42.1 Å². The molecule has 25 heavy (non-hydrogen) atoms. The summed E-state index contributed by atoms with van der Waals surface area (Å²) in [6.45, 7) is 0.438. The summed E-state index contributed by atoms with van der Waals surface area (Å²) in [6.07, 6.45) is 4.88. The number of benzene rings is 1. The fraction of sp³-hybridized carbons (Fsp3) is 0.400. The molecule has 4 nitrogen and oxygen atoms in total. The number of thioether (sulfide) groups is 1. The van der Waals surface area contributed by atoms with E-state index in [0.29, 0.717) is 34.8 Å². The Bertz CT molecular complexity index is 813. The van der Waals surface area contributed by atoms with Crippen molar-refractivity contribution in [2.75, 3.05) is 7.11 Å². The van der Waals surface area contributed by atoms with E-state index in [-0.39, 0.29) is 5.78 Å². The molecule has 2 fully saturated rings. The second kappa shape index (κ2) is 6.81. The van der Waals surface area contributed by atoms with Crippen molar-refractivity contribution in [1.82, 2.24) is 4.98 Å². The number of nitrogens with zero attached hydrogens (tertiary/aromatic N) is 1. The first-order valence-corrected chi connectivity index (χ1v) is 9.67. The number of hydrogen-bond donors (Lipinski definition) is 1. The number of ketones is 1. The molecule has 0 atom stereocenters. The number of pyridine rings is 1. The zero-order valence-electron chi connectivity index (χ0n) is 14.3. The highest BCUT2D eigenvalue weighted by Gasteiger charge is 2.28. The third kappa shape index (κ3) is 3.58. The van der Waals surface area contributed by atoms with Crippen LogP contribution in [0.15, 0.2) is 35.2 Å². The van der Waals surface area contributed by atoms with Crippen molar-refractivity contribution in [2.24, 2.45) is 5.73 Å². The van der Waals surface area contributed by atoms with Gasteiger partial charge in [0.2, 0.25) is 11.7 Å². The highest BCUT2D eigenvalue weighted by Crippen LogP contribution is 2.44. The van der Waals surface area contributed by atoms with Gasteiger partial charge in [-0.2, -0.15) is 0 Å². The Labute approximate surface area is 152 Å². The van der Waals surface area contributed by atoms with Crippen LogP contribution >= 0.6 is 11.8 Å². The minimum atomic E-state index is -0.0849. The van der Waals surface area contributed by atoms with E-state index >= 15 is 0 Å². The van der Waals surface area contributed by atoms with Crippen molar-refractivity contribution in [2.45, 2.75) is 48.3 Å². The topological polar surface area (TPSA) is 65.2 Å². The van der Waals surface area contributed by atoms with Gasteiger partial charge in [-0.05, 0) is 61.4 Å². The third-order valence-corrected chi connectivity index (χ3v) is 6.15. The number of aromatic nitrogens is 1. The average molecular weight is 354 g/mol. The Balaban J connectivity index is 1.61. The Morgan fingerprint density at radius 3 is 2.68 bits per heavy atom. The summed E-state index contributed by atoms with van der Waals surface area (Å²) in [5.41, 5.74) is 9.10. The molecule has 1 aromatic heterocycles. The van der Waals surface area contributed by atoms with Gasteiger partial charge in [-0.3, -0.25) is 4.79 Å². The van der Waals surface area contributed by atoms with E-state index in [1.54, 1.807) is 7.11 Å². The molecular weight excluding hydrogens is 332 g/mol. The number of ether oxygens (including phenoxy) is 1. The summed E-state index contributed by atoms with van der Waals surface area (Å²) < 4.78 is 5.40. The molecule has 0 radical (unpaired) electrons. The van der Waals surface area contributed by atoms with Crippen LogP contribution < -0.4 is 10.5 Å². The first kappa shape index (κ1) is 16.6. The van der Waals surface area contributed by atoms with Crippen molar-refractivity contribution in [3.63, 3.8) is 0 Å². The molecule has 0 unspecified atom stereocenters. The van der Waals surface area contributed by atoms with E-state index in [0.717, 1.165) is 11.1 Å². The van der Waals surface area contributed by atoms with Gasteiger partial charge in [-0.15, -0.1) is 11.8 Å². The first-order valence-electron chi connectivity index (χ1n) is 8.79. The van der Waals surface area contributed by atoms with Crippen molar-refractivity contribution in [1.29, 1.82) is 0 Å². The fourth-order valence-corrected chi connectivity index (χ4v) is 4.13. The van der Waals surface area contributed by atoms with Gasteiger partial charge in [0.25, 0.3) is 0 Å². The smallest absolute Gasteiger partial charge is 0.217 e. The summed E-state index contributed by atoms with van der Waals surface area (Å²) in [4.78, 5) is 18.5. The number of nitrogens with two attached hydrogens (primary N) is 1. The van der Waals surface area contributed by atoms with Crippen molar-refractivity contribution in [3.05, 3.63) is 52.7 Å². The second-order valence-corrected chi connectivity index (χ2v) is 8.08. The predicted octanol–water partition coefficient (Wildman–Crippen LogP) is 3.91. The molecule has 1 aromatic carbocycles. The van der Waals surface area contributed by atoms with Crippen LogP contribution in [0.4, 0.5) is 0 Å². The zero-order chi connectivity index (χ0) is 17.4. The van der Waals surface area contributed by atoms with E-state index in [9.17, 15) is 4.79 Å². The van der Waals surface area contributed by atoms with E-state index in [1.165, 1.54) is 30.6 Å². The molecular formula is C20H22N2O2S. The van der Waals surface area contributed by atoms with Crippen molar-refractivity contribution >= 4 is 17.5 Å². The molecule has 2 N–H and O–H groups in total. The van der Waals surface area contributed by atoms with E-state index in [2.05, 4.69) is 4.98 Å². The lowest BCUT2D eigenvalue weighted by Crippen LogP contribution is -2.08. The normalized spacial score (nSPS) is 16.7. The molecule has 2 aliphatic carbocycles. The van der Waals surface area contributed by atoms with Crippen molar-refractivity contribution < 1.29 is 9.53 Å². The molecule has 2 aliphatic rings. The maximum atomic E-state index is 12.9. The van der Waals surface area contributed by atoms with Crippen LogP contribution in [0.3, 0.4) is 0 Å². The van der Waals surface area contributed by atoms with Crippen LogP contribution in [0.5, 0.6) is 5.88 Å². The summed E-state index contributed by atoms with van der Waals surface area (Å²) in [5.74, 6) is 1.03. The van der Waals surface area contributed by atoms with Gasteiger partial charge in [0, 0.05) is 27.8 Å². The van der Waals surface area contributed by atoms with E-state index in [4.69, 9.17) is 10.5 Å². The lowest BCUT2D eigenvalue weighted by atomic mass is 10.0. The van der Waals surface area contributed by atoms with Crippen LogP contribution in [-0.4, -0.2) is 23.1 Å². The number of rotatable bonds is 7. The summed E-state index contributed by atoms with van der Waals surface area (Å²) in [7, 11) is 1.61. The third-order valence-electron chi connectivity index (χ3n) is 4.69. The summed E-state index contributed by atoms with van der Waals surface area (Å²) in [6, 6.07) is 9.62. The minimum Gasteiger partial charge on any atom is -0.481 e. The average Bonchev–Trinajstić information content (AvgIpc) is 3.55. The monoisotopic (exact) mass is 354 g/mol. The highest BCUT2D eigenvalue weighted by atomic mass is 32.2. The maximum absolute atomic E-state index is 12.9. The van der Waals surface area contributed by atoms with Gasteiger partial charge < -0.3 is 10.5 Å². The fourth-order valence-electron chi connectivity index (χ4n) is 2.95. The Hall–Kier alpha value is -1.85. The molecule has 0 spiro atoms. The molecule has 0 amide bonds. The van der Waals surface area contributed by atoms with Gasteiger partial charge >= 0.3 is 0 Å². The van der Waals surface area contributed by atoms with Gasteiger partial charge in [0.15, 0.2) is 0 Å². The molecule has 2 aromatic rings. The second-order valence-electron chi connectivity index (χ2n) is 6.74. The Morgan fingerprint density at radius 2 is 2.04 bits per heavy atom. The molecule has 5 heteroatoms. The SMILES string of the molecule is COc1nc(C(=O)c2ccc(SC3CC3)c(CN)c2)ccc1C1CC1. The maximum Gasteiger partial charge on any atom is 0.217 e. The quantitative estimate of drug-likeness (QED) is 0.764. The standard InChI is InChI=1S/C20H22N2O2S/c1-24-20-16(12-2-3-12)7-8-17(22-20)19(23)13-4-9-18(14(10-13)11-21)25-15-5-6-15/h4,7-10,12,15H,2-3,5-6,11,21H2,1H3. The van der Waals surface area contributed by atoms with E-state index < -0.39 is 0 Å². The van der Waals surface area contributed by atoms with Gasteiger partial charge in [0.05, 0.1) is 7.11 Å². The number of methoxy groups -OCH3 is 1. The van der Waals surface area contributed by atoms with Crippen LogP contribution in [0.2, 0.25) is 0 Å². The van der Waals surface area contributed by atoms with Crippen LogP contribution in [0.25, 0.3) is 0 Å². The Kier molecular flexibility index (Phi) is 4.52. The highest BCUT2D eigenvalue weighted by molar-refractivity contribution is 8.00. The minimum absolute atomic E-state index is 0.0849. The lowest BCUT2D eigenvalue weighted by molar-refractivity contribution is 0.103.